The summed E-state index contributed by atoms with van der Waals surface area (Å²) < 4.78 is 0. The summed E-state index contributed by atoms with van der Waals surface area (Å²) in [5.74, 6) is -0.437. The van der Waals surface area contributed by atoms with Gasteiger partial charge >= 0.3 is 0 Å². The van der Waals surface area contributed by atoms with Crippen molar-refractivity contribution in [3.8, 4) is 0 Å². The maximum atomic E-state index is 12.7. The lowest BCUT2D eigenvalue weighted by Gasteiger charge is -2.22. The van der Waals surface area contributed by atoms with E-state index in [1.54, 1.807) is 12.1 Å². The third-order valence-electron chi connectivity index (χ3n) is 5.51. The molecule has 0 bridgehead atoms. The number of carbonyl (C=O) groups excluding carboxylic acids is 2. The van der Waals surface area contributed by atoms with Gasteiger partial charge in [-0.25, -0.2) is 0 Å². The van der Waals surface area contributed by atoms with E-state index in [0.717, 1.165) is 22.0 Å². The number of nitrogens with one attached hydrogen (secondary N) is 5. The molecule has 0 saturated carbocycles. The molecule has 0 aliphatic carbocycles. The lowest BCUT2D eigenvalue weighted by Crippen LogP contribution is -2.51. The van der Waals surface area contributed by atoms with Crippen molar-refractivity contribution >= 4 is 41.0 Å². The van der Waals surface area contributed by atoms with Gasteiger partial charge in [-0.2, -0.15) is 0 Å². The van der Waals surface area contributed by atoms with E-state index < -0.39 is 6.04 Å². The van der Waals surface area contributed by atoms with Crippen molar-refractivity contribution in [2.45, 2.75) is 32.9 Å². The summed E-state index contributed by atoms with van der Waals surface area (Å²) in [4.78, 5) is 28.4. The standard InChI is InChI=1S/C25H32N6O2.ClH/c1-16(2)23(25(33)29-12-11-19-14-30-21-6-4-3-5-20(19)21)31-22(32)15-28-13-17-7-9-18(10-8-17)24(26)27;/h3-10,14,16,23,28,30H,11-13,15H2,1-2H3,(H3,26,27)(H,29,33)(H,31,32);1H. The van der Waals surface area contributed by atoms with Gasteiger partial charge in [0.05, 0.1) is 6.54 Å². The number of amidine groups is 1. The summed E-state index contributed by atoms with van der Waals surface area (Å²) in [6.07, 6.45) is 2.68. The molecule has 182 valence electrons. The molecule has 34 heavy (non-hydrogen) atoms. The fraction of sp³-hybridized carbons (Fsp3) is 0.320. The van der Waals surface area contributed by atoms with Gasteiger partial charge in [-0.3, -0.25) is 15.0 Å². The first-order chi connectivity index (χ1) is 15.8. The second-order valence-corrected chi connectivity index (χ2v) is 8.40. The highest BCUT2D eigenvalue weighted by Crippen LogP contribution is 2.17. The first-order valence-corrected chi connectivity index (χ1v) is 11.1. The van der Waals surface area contributed by atoms with Crippen molar-refractivity contribution in [2.24, 2.45) is 11.7 Å². The van der Waals surface area contributed by atoms with Crippen LogP contribution in [-0.4, -0.2) is 41.8 Å². The molecule has 0 aliphatic heterocycles. The maximum Gasteiger partial charge on any atom is 0.242 e. The Morgan fingerprint density at radius 2 is 1.79 bits per heavy atom. The van der Waals surface area contributed by atoms with Gasteiger partial charge in [0, 0.05) is 35.8 Å². The zero-order chi connectivity index (χ0) is 23.8. The van der Waals surface area contributed by atoms with Crippen LogP contribution < -0.4 is 21.7 Å². The number of hydrogen-bond donors (Lipinski definition) is 6. The van der Waals surface area contributed by atoms with E-state index in [1.165, 1.54) is 0 Å². The number of fused-ring (bicyclic) bond motifs is 1. The first-order valence-electron chi connectivity index (χ1n) is 11.1. The van der Waals surface area contributed by atoms with Crippen LogP contribution >= 0.6 is 12.4 Å². The Labute approximate surface area is 206 Å². The van der Waals surface area contributed by atoms with E-state index in [-0.39, 0.29) is 42.5 Å². The van der Waals surface area contributed by atoms with Gasteiger partial charge in [0.1, 0.15) is 11.9 Å². The second kappa shape index (κ2) is 12.8. The maximum absolute atomic E-state index is 12.7. The molecule has 8 nitrogen and oxygen atoms in total. The van der Waals surface area contributed by atoms with E-state index >= 15 is 0 Å². The number of benzene rings is 2. The molecule has 3 rings (SSSR count). The van der Waals surface area contributed by atoms with E-state index in [4.69, 9.17) is 11.1 Å². The minimum absolute atomic E-state index is 0. The van der Waals surface area contributed by atoms with Crippen LogP contribution in [0.15, 0.2) is 54.7 Å². The zero-order valence-corrected chi connectivity index (χ0v) is 20.3. The van der Waals surface area contributed by atoms with Crippen molar-refractivity contribution < 1.29 is 9.59 Å². The van der Waals surface area contributed by atoms with Crippen molar-refractivity contribution in [1.29, 1.82) is 5.41 Å². The average molecular weight is 485 g/mol. The van der Waals surface area contributed by atoms with Crippen LogP contribution in [0.3, 0.4) is 0 Å². The van der Waals surface area contributed by atoms with Gasteiger partial charge in [-0.15, -0.1) is 12.4 Å². The number of amides is 2. The SMILES string of the molecule is CC(C)C(NC(=O)CNCc1ccc(C(=N)N)cc1)C(=O)NCCc1c[nH]c2ccccc12.Cl. The second-order valence-electron chi connectivity index (χ2n) is 8.40. The number of aromatic nitrogens is 1. The van der Waals surface area contributed by atoms with Crippen LogP contribution in [0.25, 0.3) is 10.9 Å². The molecule has 0 radical (unpaired) electrons. The van der Waals surface area contributed by atoms with E-state index in [0.29, 0.717) is 25.1 Å². The molecule has 0 spiro atoms. The highest BCUT2D eigenvalue weighted by molar-refractivity contribution is 5.94. The normalized spacial score (nSPS) is 11.6. The first kappa shape index (κ1) is 26.9. The molecule has 0 saturated heterocycles. The molecule has 1 aromatic heterocycles. The summed E-state index contributed by atoms with van der Waals surface area (Å²) in [5.41, 5.74) is 9.32. The molecule has 3 aromatic rings. The molecule has 2 aromatic carbocycles. The number of hydrogen-bond acceptors (Lipinski definition) is 4. The van der Waals surface area contributed by atoms with Crippen LogP contribution in [0, 0.1) is 11.3 Å². The van der Waals surface area contributed by atoms with E-state index in [9.17, 15) is 9.59 Å². The summed E-state index contributed by atoms with van der Waals surface area (Å²) >= 11 is 0. The van der Waals surface area contributed by atoms with Crippen molar-refractivity contribution in [2.75, 3.05) is 13.1 Å². The number of rotatable bonds is 11. The Morgan fingerprint density at radius 1 is 1.09 bits per heavy atom. The Hall–Kier alpha value is -3.36. The lowest BCUT2D eigenvalue weighted by molar-refractivity contribution is -0.129. The molecular weight excluding hydrogens is 452 g/mol. The monoisotopic (exact) mass is 484 g/mol. The molecule has 9 heteroatoms. The zero-order valence-electron chi connectivity index (χ0n) is 19.5. The van der Waals surface area contributed by atoms with Gasteiger partial charge in [0.2, 0.25) is 11.8 Å². The topological polar surface area (TPSA) is 136 Å². The fourth-order valence-electron chi connectivity index (χ4n) is 3.65. The Kier molecular flexibility index (Phi) is 10.1. The van der Waals surface area contributed by atoms with Gasteiger partial charge < -0.3 is 26.7 Å². The average Bonchev–Trinajstić information content (AvgIpc) is 3.20. The Morgan fingerprint density at radius 3 is 2.47 bits per heavy atom. The van der Waals surface area contributed by atoms with Gasteiger partial charge in [0.15, 0.2) is 0 Å². The van der Waals surface area contributed by atoms with Crippen molar-refractivity contribution in [3.05, 3.63) is 71.4 Å². The minimum atomic E-state index is -0.600. The van der Waals surface area contributed by atoms with Crippen LogP contribution in [0.5, 0.6) is 0 Å². The van der Waals surface area contributed by atoms with E-state index in [2.05, 4.69) is 27.0 Å². The Balaban J connectivity index is 0.00000408. The number of nitrogens with two attached hydrogens (primary N) is 1. The van der Waals surface area contributed by atoms with Crippen LogP contribution in [0.1, 0.15) is 30.5 Å². The molecular formula is C25H33ClN6O2. The third-order valence-corrected chi connectivity index (χ3v) is 5.51. The van der Waals surface area contributed by atoms with E-state index in [1.807, 2.05) is 50.4 Å². The largest absolute Gasteiger partial charge is 0.384 e. The predicted octanol–water partition coefficient (Wildman–Crippen LogP) is 2.46. The van der Waals surface area contributed by atoms with Crippen molar-refractivity contribution in [3.63, 3.8) is 0 Å². The molecule has 0 fully saturated rings. The Bertz CT molecular complexity index is 1110. The molecule has 2 amide bonds. The summed E-state index contributed by atoms with van der Waals surface area (Å²) in [5, 5.41) is 17.4. The molecule has 7 N–H and O–H groups in total. The third kappa shape index (κ3) is 7.33. The number of H-pyrrole nitrogens is 1. The molecule has 1 heterocycles. The van der Waals surface area contributed by atoms with Gasteiger partial charge in [-0.1, -0.05) is 56.3 Å². The number of nitrogen functional groups attached to an aromatic ring is 1. The fourth-order valence-corrected chi connectivity index (χ4v) is 3.65. The highest BCUT2D eigenvalue weighted by Gasteiger charge is 2.23. The minimum Gasteiger partial charge on any atom is -0.384 e. The quantitative estimate of drug-likeness (QED) is 0.184. The molecule has 1 atom stereocenters. The van der Waals surface area contributed by atoms with Gasteiger partial charge in [0.25, 0.3) is 0 Å². The van der Waals surface area contributed by atoms with Crippen molar-refractivity contribution in [1.82, 2.24) is 20.9 Å². The van der Waals surface area contributed by atoms with Crippen LogP contribution in [0.4, 0.5) is 0 Å². The van der Waals surface area contributed by atoms with Crippen LogP contribution in [0.2, 0.25) is 0 Å². The number of carbonyl (C=O) groups is 2. The number of aromatic amines is 1. The van der Waals surface area contributed by atoms with Crippen LogP contribution in [-0.2, 0) is 22.6 Å². The predicted molar refractivity (Wildman–Crippen MR) is 138 cm³/mol. The smallest absolute Gasteiger partial charge is 0.242 e. The number of halogens is 1. The van der Waals surface area contributed by atoms with Gasteiger partial charge in [-0.05, 0) is 29.5 Å². The summed E-state index contributed by atoms with van der Waals surface area (Å²) in [7, 11) is 0. The lowest BCUT2D eigenvalue weighted by atomic mass is 10.0. The summed E-state index contributed by atoms with van der Waals surface area (Å²) in [6.45, 7) is 4.91. The summed E-state index contributed by atoms with van der Waals surface area (Å²) in [6, 6.07) is 14.7. The highest BCUT2D eigenvalue weighted by atomic mass is 35.5. The molecule has 0 aliphatic rings. The number of para-hydroxylation sites is 1. The molecule has 1 unspecified atom stereocenters.